The summed E-state index contributed by atoms with van der Waals surface area (Å²) in [5, 5.41) is 4.78. The summed E-state index contributed by atoms with van der Waals surface area (Å²) in [4.78, 5) is 24.6. The predicted octanol–water partition coefficient (Wildman–Crippen LogP) is 3.63. The lowest BCUT2D eigenvalue weighted by atomic mass is 9.97. The van der Waals surface area contributed by atoms with Crippen molar-refractivity contribution in [1.82, 2.24) is 14.3 Å². The number of carbonyl (C=O) groups is 1. The number of thioether (sulfide) groups is 1. The zero-order valence-corrected chi connectivity index (χ0v) is 21.3. The van der Waals surface area contributed by atoms with Crippen LogP contribution in [0.4, 0.5) is 5.69 Å². The first-order chi connectivity index (χ1) is 16.4. The second-order valence-electron chi connectivity index (χ2n) is 8.35. The fourth-order valence-corrected chi connectivity index (χ4v) is 8.06. The number of sulfonamides is 1. The van der Waals surface area contributed by atoms with Crippen molar-refractivity contribution in [2.45, 2.75) is 42.5 Å². The molecule has 34 heavy (non-hydrogen) atoms. The van der Waals surface area contributed by atoms with Gasteiger partial charge >= 0.3 is 0 Å². The van der Waals surface area contributed by atoms with Gasteiger partial charge in [-0.15, -0.1) is 11.3 Å². The van der Waals surface area contributed by atoms with Crippen molar-refractivity contribution in [1.29, 1.82) is 0 Å². The Balaban J connectivity index is 1.30. The third-order valence-electron chi connectivity index (χ3n) is 5.96. The first kappa shape index (κ1) is 23.7. The third kappa shape index (κ3) is 4.85. The van der Waals surface area contributed by atoms with Gasteiger partial charge in [-0.05, 0) is 56.4 Å². The smallest absolute Gasteiger partial charge is 0.243 e. The predicted molar refractivity (Wildman–Crippen MR) is 134 cm³/mol. The van der Waals surface area contributed by atoms with Gasteiger partial charge in [0.15, 0.2) is 0 Å². The van der Waals surface area contributed by atoms with Crippen molar-refractivity contribution in [2.75, 3.05) is 37.4 Å². The molecule has 0 atom stereocenters. The summed E-state index contributed by atoms with van der Waals surface area (Å²) >= 11 is 3.15. The molecule has 1 N–H and O–H groups in total. The number of anilines is 1. The molecule has 3 heterocycles. The van der Waals surface area contributed by atoms with Gasteiger partial charge in [-0.25, -0.2) is 18.4 Å². The number of hydrogen-bond acceptors (Lipinski definition) is 8. The topological polar surface area (TPSA) is 101 Å². The van der Waals surface area contributed by atoms with Gasteiger partial charge in [-0.1, -0.05) is 17.8 Å². The molecule has 0 bridgehead atoms. The van der Waals surface area contributed by atoms with Crippen LogP contribution in [0.15, 0.2) is 34.2 Å². The van der Waals surface area contributed by atoms with Gasteiger partial charge < -0.3 is 10.1 Å². The summed E-state index contributed by atoms with van der Waals surface area (Å²) in [5.41, 5.74) is 1.80. The number of aromatic nitrogens is 2. The van der Waals surface area contributed by atoms with E-state index in [0.717, 1.165) is 28.1 Å². The number of benzene rings is 1. The summed E-state index contributed by atoms with van der Waals surface area (Å²) in [5.74, 6) is 0.672. The normalized spacial score (nSPS) is 17.0. The Kier molecular flexibility index (Phi) is 6.90. The molecule has 1 amide bonds. The van der Waals surface area contributed by atoms with E-state index in [1.807, 2.05) is 6.92 Å². The van der Waals surface area contributed by atoms with E-state index in [1.165, 1.54) is 45.4 Å². The molecule has 8 nitrogen and oxygen atoms in total. The maximum atomic E-state index is 12.9. The molecule has 0 unspecified atom stereocenters. The Morgan fingerprint density at radius 1 is 1.21 bits per heavy atom. The van der Waals surface area contributed by atoms with Gasteiger partial charge in [-0.3, -0.25) is 4.79 Å². The van der Waals surface area contributed by atoms with Crippen molar-refractivity contribution >= 4 is 54.9 Å². The molecule has 2 aromatic heterocycles. The number of nitrogens with one attached hydrogen (secondary N) is 1. The molecular formula is C23H26N4O4S3. The van der Waals surface area contributed by atoms with Crippen LogP contribution in [-0.4, -0.2) is 60.7 Å². The van der Waals surface area contributed by atoms with Crippen LogP contribution in [0.2, 0.25) is 0 Å². The summed E-state index contributed by atoms with van der Waals surface area (Å²) in [6, 6.07) is 6.40. The van der Waals surface area contributed by atoms with Crippen LogP contribution in [0.5, 0.6) is 0 Å². The quantitative estimate of drug-likeness (QED) is 0.393. The Labute approximate surface area is 207 Å². The second-order valence-corrected chi connectivity index (χ2v) is 12.3. The highest BCUT2D eigenvalue weighted by Gasteiger charge is 2.26. The zero-order valence-electron chi connectivity index (χ0n) is 18.9. The van der Waals surface area contributed by atoms with Crippen LogP contribution in [0.25, 0.3) is 10.2 Å². The number of carbonyl (C=O) groups excluding carboxylic acids is 1. The summed E-state index contributed by atoms with van der Waals surface area (Å²) in [7, 11) is -3.63. The summed E-state index contributed by atoms with van der Waals surface area (Å²) in [6.07, 6.45) is 4.49. The molecule has 1 aromatic carbocycles. The Morgan fingerprint density at radius 3 is 2.82 bits per heavy atom. The van der Waals surface area contributed by atoms with E-state index in [9.17, 15) is 13.2 Å². The van der Waals surface area contributed by atoms with Crippen LogP contribution in [0.3, 0.4) is 0 Å². The van der Waals surface area contributed by atoms with E-state index in [-0.39, 0.29) is 16.6 Å². The Morgan fingerprint density at radius 2 is 2.00 bits per heavy atom. The van der Waals surface area contributed by atoms with E-state index in [0.29, 0.717) is 37.8 Å². The molecule has 0 radical (unpaired) electrons. The summed E-state index contributed by atoms with van der Waals surface area (Å²) in [6.45, 7) is 3.30. The molecule has 5 rings (SSSR count). The van der Waals surface area contributed by atoms with E-state index in [4.69, 9.17) is 4.74 Å². The molecule has 1 fully saturated rings. The highest BCUT2D eigenvalue weighted by molar-refractivity contribution is 8.00. The van der Waals surface area contributed by atoms with Gasteiger partial charge in [0.25, 0.3) is 0 Å². The van der Waals surface area contributed by atoms with Crippen LogP contribution in [0, 0.1) is 6.92 Å². The molecule has 3 aromatic rings. The minimum Gasteiger partial charge on any atom is -0.379 e. The lowest BCUT2D eigenvalue weighted by Crippen LogP contribution is -2.40. The standard InChI is InChI=1S/C23H26N4O4S3/c1-15-24-22(21-18-7-2-3-8-19(18)33-23(21)25-15)32-14-20(28)26-16-5-4-6-17(13-16)34(29,30)27-9-11-31-12-10-27/h4-6,13H,2-3,7-12,14H2,1H3,(H,26,28). The molecule has 0 saturated carbocycles. The fraction of sp³-hybridized carbons (Fsp3) is 0.435. The highest BCUT2D eigenvalue weighted by Crippen LogP contribution is 2.39. The molecule has 11 heteroatoms. The molecular weight excluding hydrogens is 492 g/mol. The second kappa shape index (κ2) is 9.90. The van der Waals surface area contributed by atoms with Crippen LogP contribution in [0.1, 0.15) is 29.1 Å². The zero-order chi connectivity index (χ0) is 23.7. The largest absolute Gasteiger partial charge is 0.379 e. The number of amides is 1. The minimum atomic E-state index is -3.63. The van der Waals surface area contributed by atoms with Gasteiger partial charge in [-0.2, -0.15) is 4.31 Å². The van der Waals surface area contributed by atoms with Gasteiger partial charge in [0, 0.05) is 29.0 Å². The molecule has 1 saturated heterocycles. The number of ether oxygens (including phenoxy) is 1. The maximum Gasteiger partial charge on any atom is 0.243 e. The number of rotatable bonds is 6. The Hall–Kier alpha value is -2.05. The van der Waals surface area contributed by atoms with Crippen LogP contribution in [-0.2, 0) is 32.4 Å². The average molecular weight is 519 g/mol. The number of aryl methyl sites for hydroxylation is 3. The van der Waals surface area contributed by atoms with Gasteiger partial charge in [0.05, 0.1) is 23.9 Å². The molecule has 2 aliphatic rings. The molecule has 180 valence electrons. The summed E-state index contributed by atoms with van der Waals surface area (Å²) < 4.78 is 32.5. The average Bonchev–Trinajstić information content (AvgIpc) is 3.21. The number of thiophene rings is 1. The highest BCUT2D eigenvalue weighted by atomic mass is 32.2. The van der Waals surface area contributed by atoms with Crippen LogP contribution < -0.4 is 5.32 Å². The Bertz CT molecular complexity index is 1330. The van der Waals surface area contributed by atoms with E-state index in [2.05, 4.69) is 15.3 Å². The SMILES string of the molecule is Cc1nc(SCC(=O)Nc2cccc(S(=O)(=O)N3CCOCC3)c2)c2c3c(sc2n1)CCCC3. The number of fused-ring (bicyclic) bond motifs is 3. The molecule has 1 aliphatic carbocycles. The van der Waals surface area contributed by atoms with Gasteiger partial charge in [0.2, 0.25) is 15.9 Å². The molecule has 0 spiro atoms. The van der Waals surface area contributed by atoms with Crippen molar-refractivity contribution in [3.8, 4) is 0 Å². The first-order valence-electron chi connectivity index (χ1n) is 11.3. The third-order valence-corrected chi connectivity index (χ3v) is 10.0. The number of morpholine rings is 1. The van der Waals surface area contributed by atoms with E-state index >= 15 is 0 Å². The monoisotopic (exact) mass is 518 g/mol. The maximum absolute atomic E-state index is 12.9. The van der Waals surface area contributed by atoms with Crippen molar-refractivity contribution in [2.24, 2.45) is 0 Å². The van der Waals surface area contributed by atoms with Crippen molar-refractivity contribution < 1.29 is 17.9 Å². The minimum absolute atomic E-state index is 0.165. The molecule has 1 aliphatic heterocycles. The van der Waals surface area contributed by atoms with Gasteiger partial charge in [0.1, 0.15) is 15.7 Å². The lowest BCUT2D eigenvalue weighted by Gasteiger charge is -2.26. The van der Waals surface area contributed by atoms with E-state index in [1.54, 1.807) is 29.5 Å². The lowest BCUT2D eigenvalue weighted by molar-refractivity contribution is -0.113. The van der Waals surface area contributed by atoms with Crippen molar-refractivity contribution in [3.05, 3.63) is 40.5 Å². The van der Waals surface area contributed by atoms with Crippen LogP contribution >= 0.6 is 23.1 Å². The fourth-order valence-electron chi connectivity index (χ4n) is 4.33. The van der Waals surface area contributed by atoms with Crippen molar-refractivity contribution in [3.63, 3.8) is 0 Å². The first-order valence-corrected chi connectivity index (χ1v) is 14.6. The van der Waals surface area contributed by atoms with E-state index < -0.39 is 10.0 Å². The number of hydrogen-bond donors (Lipinski definition) is 1. The number of nitrogens with zero attached hydrogens (tertiary/aromatic N) is 3.